The van der Waals surface area contributed by atoms with Crippen LogP contribution in [-0.4, -0.2) is 35.1 Å². The summed E-state index contributed by atoms with van der Waals surface area (Å²) in [4.78, 5) is 31.9. The summed E-state index contributed by atoms with van der Waals surface area (Å²) < 4.78 is 1.66. The second-order valence-corrected chi connectivity index (χ2v) is 7.93. The summed E-state index contributed by atoms with van der Waals surface area (Å²) in [5.74, 6) is 0.613. The fraction of sp³-hybridized carbons (Fsp3) is 0.375. The van der Waals surface area contributed by atoms with Crippen molar-refractivity contribution in [2.45, 2.75) is 25.7 Å². The zero-order valence-corrected chi connectivity index (χ0v) is 17.4. The van der Waals surface area contributed by atoms with Crippen LogP contribution in [0, 0.1) is 5.92 Å². The first kappa shape index (κ1) is 20.1. The van der Waals surface area contributed by atoms with E-state index in [0.717, 1.165) is 36.7 Å². The van der Waals surface area contributed by atoms with Crippen LogP contribution in [0.4, 0.5) is 5.82 Å². The summed E-state index contributed by atoms with van der Waals surface area (Å²) >= 11 is 0. The van der Waals surface area contributed by atoms with E-state index in [2.05, 4.69) is 22.4 Å². The Kier molecular flexibility index (Phi) is 6.12. The van der Waals surface area contributed by atoms with Gasteiger partial charge in [0.25, 0.3) is 5.56 Å². The van der Waals surface area contributed by atoms with E-state index in [4.69, 9.17) is 0 Å². The zero-order chi connectivity index (χ0) is 20.9. The van der Waals surface area contributed by atoms with E-state index in [-0.39, 0.29) is 17.4 Å². The Morgan fingerprint density at radius 2 is 1.77 bits per heavy atom. The van der Waals surface area contributed by atoms with Crippen LogP contribution in [0.1, 0.15) is 24.8 Å². The molecule has 0 saturated carbocycles. The Bertz CT molecular complexity index is 1070. The molecule has 6 heteroatoms. The van der Waals surface area contributed by atoms with E-state index < -0.39 is 0 Å². The Hall–Kier alpha value is -3.15. The lowest BCUT2D eigenvalue weighted by Gasteiger charge is -2.32. The third-order valence-electron chi connectivity index (χ3n) is 5.91. The molecule has 0 radical (unpaired) electrons. The third-order valence-corrected chi connectivity index (χ3v) is 5.91. The van der Waals surface area contributed by atoms with Crippen LogP contribution in [-0.2, 0) is 18.3 Å². The van der Waals surface area contributed by atoms with Crippen molar-refractivity contribution in [3.05, 3.63) is 70.5 Å². The molecule has 1 saturated heterocycles. The van der Waals surface area contributed by atoms with Crippen molar-refractivity contribution < 1.29 is 4.79 Å². The number of aromatic nitrogens is 2. The molecular weight excluding hydrogens is 376 g/mol. The molecule has 0 unspecified atom stereocenters. The van der Waals surface area contributed by atoms with Crippen molar-refractivity contribution in [3.63, 3.8) is 0 Å². The van der Waals surface area contributed by atoms with Crippen LogP contribution in [0.5, 0.6) is 0 Å². The van der Waals surface area contributed by atoms with Crippen molar-refractivity contribution >= 4 is 22.8 Å². The molecule has 1 fully saturated rings. The SMILES string of the molecule is Cn1c(=O)c(N2CCC(C(=O)NCCCc3ccccc3)CC2)nc2ccccc21. The number of nitrogens with zero attached hydrogens (tertiary/aromatic N) is 3. The van der Waals surface area contributed by atoms with Gasteiger partial charge in [-0.2, -0.15) is 0 Å². The van der Waals surface area contributed by atoms with Crippen molar-refractivity contribution in [1.29, 1.82) is 0 Å². The lowest BCUT2D eigenvalue weighted by atomic mass is 9.96. The fourth-order valence-corrected chi connectivity index (χ4v) is 4.12. The minimum atomic E-state index is -0.0856. The second kappa shape index (κ2) is 9.11. The summed E-state index contributed by atoms with van der Waals surface area (Å²) in [6.45, 7) is 2.03. The Morgan fingerprint density at radius 1 is 1.07 bits per heavy atom. The van der Waals surface area contributed by atoms with E-state index in [1.165, 1.54) is 5.56 Å². The lowest BCUT2D eigenvalue weighted by molar-refractivity contribution is -0.125. The number of para-hydroxylation sites is 2. The van der Waals surface area contributed by atoms with Crippen LogP contribution in [0.2, 0.25) is 0 Å². The maximum Gasteiger partial charge on any atom is 0.293 e. The number of nitrogens with one attached hydrogen (secondary N) is 1. The summed E-state index contributed by atoms with van der Waals surface area (Å²) in [6, 6.07) is 18.0. The molecule has 1 aliphatic heterocycles. The minimum Gasteiger partial charge on any atom is -0.356 e. The van der Waals surface area contributed by atoms with Gasteiger partial charge in [0.15, 0.2) is 5.82 Å². The van der Waals surface area contributed by atoms with E-state index in [1.54, 1.807) is 11.6 Å². The quantitative estimate of drug-likeness (QED) is 0.642. The van der Waals surface area contributed by atoms with Crippen LogP contribution in [0.3, 0.4) is 0 Å². The van der Waals surface area contributed by atoms with E-state index in [9.17, 15) is 9.59 Å². The minimum absolute atomic E-state index is 0.00211. The van der Waals surface area contributed by atoms with Gasteiger partial charge in [-0.25, -0.2) is 4.98 Å². The first-order valence-corrected chi connectivity index (χ1v) is 10.7. The number of benzene rings is 2. The molecule has 2 heterocycles. The highest BCUT2D eigenvalue weighted by atomic mass is 16.2. The van der Waals surface area contributed by atoms with Gasteiger partial charge in [0.1, 0.15) is 0 Å². The summed E-state index contributed by atoms with van der Waals surface area (Å²) in [7, 11) is 1.78. The number of piperidine rings is 1. The monoisotopic (exact) mass is 404 g/mol. The number of fused-ring (bicyclic) bond motifs is 1. The van der Waals surface area contributed by atoms with Gasteiger partial charge in [-0.15, -0.1) is 0 Å². The number of hydrogen-bond acceptors (Lipinski definition) is 4. The van der Waals surface area contributed by atoms with E-state index in [0.29, 0.717) is 25.5 Å². The average molecular weight is 405 g/mol. The molecule has 4 rings (SSSR count). The Morgan fingerprint density at radius 3 is 2.53 bits per heavy atom. The molecule has 0 aliphatic carbocycles. The van der Waals surface area contributed by atoms with Crippen molar-refractivity contribution in [3.8, 4) is 0 Å². The highest BCUT2D eigenvalue weighted by Crippen LogP contribution is 2.21. The Labute approximate surface area is 176 Å². The molecule has 6 nitrogen and oxygen atoms in total. The van der Waals surface area contributed by atoms with E-state index >= 15 is 0 Å². The Balaban J connectivity index is 1.30. The van der Waals surface area contributed by atoms with Gasteiger partial charge in [0, 0.05) is 32.6 Å². The summed E-state index contributed by atoms with van der Waals surface area (Å²) in [5.41, 5.74) is 2.85. The van der Waals surface area contributed by atoms with Crippen LogP contribution >= 0.6 is 0 Å². The summed E-state index contributed by atoms with van der Waals surface area (Å²) in [5, 5.41) is 3.08. The first-order chi connectivity index (χ1) is 14.6. The molecule has 1 N–H and O–H groups in total. The third kappa shape index (κ3) is 4.37. The predicted octanol–water partition coefficient (Wildman–Crippen LogP) is 2.90. The first-order valence-electron chi connectivity index (χ1n) is 10.7. The fourth-order valence-electron chi connectivity index (χ4n) is 4.12. The number of hydrogen-bond donors (Lipinski definition) is 1. The van der Waals surface area contributed by atoms with Gasteiger partial charge in [-0.1, -0.05) is 42.5 Å². The molecule has 3 aromatic rings. The average Bonchev–Trinajstić information content (AvgIpc) is 2.80. The van der Waals surface area contributed by atoms with Crippen LogP contribution in [0.25, 0.3) is 11.0 Å². The van der Waals surface area contributed by atoms with Crippen molar-refractivity contribution in [1.82, 2.24) is 14.9 Å². The highest BCUT2D eigenvalue weighted by Gasteiger charge is 2.27. The number of amides is 1. The summed E-state index contributed by atoms with van der Waals surface area (Å²) in [6.07, 6.45) is 3.38. The van der Waals surface area contributed by atoms with Gasteiger partial charge >= 0.3 is 0 Å². The van der Waals surface area contributed by atoms with Gasteiger partial charge < -0.3 is 14.8 Å². The molecular formula is C24H28N4O2. The lowest BCUT2D eigenvalue weighted by Crippen LogP contribution is -2.43. The largest absolute Gasteiger partial charge is 0.356 e. The molecule has 30 heavy (non-hydrogen) atoms. The molecule has 0 spiro atoms. The molecule has 2 aromatic carbocycles. The molecule has 0 bridgehead atoms. The maximum absolute atomic E-state index is 12.8. The standard InChI is InChI=1S/C24H28N4O2/c1-27-21-12-6-5-11-20(21)26-22(24(27)30)28-16-13-19(14-17-28)23(29)25-15-7-10-18-8-3-2-4-9-18/h2-6,8-9,11-12,19H,7,10,13-17H2,1H3,(H,25,29). The molecule has 1 aliphatic rings. The normalized spacial score (nSPS) is 14.8. The topological polar surface area (TPSA) is 67.2 Å². The van der Waals surface area contributed by atoms with E-state index in [1.807, 2.05) is 47.4 Å². The smallest absolute Gasteiger partial charge is 0.293 e. The van der Waals surface area contributed by atoms with Crippen LogP contribution in [0.15, 0.2) is 59.4 Å². The molecule has 1 aromatic heterocycles. The number of carbonyl (C=O) groups is 1. The van der Waals surface area contributed by atoms with Gasteiger partial charge in [0.05, 0.1) is 11.0 Å². The van der Waals surface area contributed by atoms with Gasteiger partial charge in [-0.3, -0.25) is 9.59 Å². The molecule has 1 amide bonds. The van der Waals surface area contributed by atoms with Crippen LogP contribution < -0.4 is 15.8 Å². The highest BCUT2D eigenvalue weighted by molar-refractivity contribution is 5.79. The number of carbonyl (C=O) groups excluding carboxylic acids is 1. The zero-order valence-electron chi connectivity index (χ0n) is 17.4. The molecule has 156 valence electrons. The number of rotatable bonds is 6. The van der Waals surface area contributed by atoms with Gasteiger partial charge in [0.2, 0.25) is 5.91 Å². The van der Waals surface area contributed by atoms with Gasteiger partial charge in [-0.05, 0) is 43.4 Å². The van der Waals surface area contributed by atoms with Crippen molar-refractivity contribution in [2.75, 3.05) is 24.5 Å². The second-order valence-electron chi connectivity index (χ2n) is 7.93. The van der Waals surface area contributed by atoms with Crippen molar-refractivity contribution in [2.24, 2.45) is 13.0 Å². The molecule has 0 atom stereocenters. The predicted molar refractivity (Wildman–Crippen MR) is 120 cm³/mol. The maximum atomic E-state index is 12.8. The number of aryl methyl sites for hydroxylation is 2. The number of anilines is 1.